The van der Waals surface area contributed by atoms with Gasteiger partial charge in [-0.15, -0.1) is 0 Å². The molecule has 0 saturated carbocycles. The highest BCUT2D eigenvalue weighted by atomic mass is 16.3. The minimum Gasteiger partial charge on any atom is -0.508 e. The zero-order valence-corrected chi connectivity index (χ0v) is 15.8. The summed E-state index contributed by atoms with van der Waals surface area (Å²) >= 11 is 0. The van der Waals surface area contributed by atoms with E-state index in [4.69, 9.17) is 4.98 Å². The van der Waals surface area contributed by atoms with Crippen LogP contribution in [0.1, 0.15) is 22.5 Å². The van der Waals surface area contributed by atoms with Crippen LogP contribution in [-0.4, -0.2) is 14.7 Å². The molecule has 0 saturated heterocycles. The molecule has 3 aromatic carbocycles. The summed E-state index contributed by atoms with van der Waals surface area (Å²) in [6.45, 7) is 4.07. The fourth-order valence-corrected chi connectivity index (χ4v) is 3.18. The van der Waals surface area contributed by atoms with Crippen LogP contribution in [0.4, 0.5) is 0 Å². The van der Waals surface area contributed by atoms with Crippen LogP contribution in [0.2, 0.25) is 0 Å². The van der Waals surface area contributed by atoms with E-state index in [2.05, 4.69) is 0 Å². The van der Waals surface area contributed by atoms with Crippen molar-refractivity contribution in [1.82, 2.24) is 9.55 Å². The first-order valence-corrected chi connectivity index (χ1v) is 9.09. The van der Waals surface area contributed by atoms with Gasteiger partial charge in [0.05, 0.1) is 16.6 Å². The molecular weight excluding hydrogens is 348 g/mol. The first-order valence-electron chi connectivity index (χ1n) is 9.09. The van der Waals surface area contributed by atoms with E-state index >= 15 is 0 Å². The Morgan fingerprint density at radius 3 is 2.50 bits per heavy atom. The maximum Gasteiger partial charge on any atom is 0.266 e. The molecule has 1 heterocycles. The van der Waals surface area contributed by atoms with Gasteiger partial charge in [0.25, 0.3) is 5.56 Å². The lowest BCUT2D eigenvalue weighted by molar-refractivity contribution is 0.475. The highest BCUT2D eigenvalue weighted by molar-refractivity contribution is 5.80. The van der Waals surface area contributed by atoms with Crippen molar-refractivity contribution in [2.24, 2.45) is 0 Å². The van der Waals surface area contributed by atoms with E-state index in [0.717, 1.165) is 16.8 Å². The van der Waals surface area contributed by atoms with Gasteiger partial charge in [0, 0.05) is 0 Å². The molecule has 0 fully saturated rings. The molecule has 4 nitrogen and oxygen atoms in total. The fraction of sp³-hybridized carbons (Fsp3) is 0.0833. The Kier molecular flexibility index (Phi) is 4.53. The van der Waals surface area contributed by atoms with Gasteiger partial charge in [0.2, 0.25) is 0 Å². The number of aromatic hydroxyl groups is 1. The van der Waals surface area contributed by atoms with E-state index in [1.165, 1.54) is 5.56 Å². The van der Waals surface area contributed by atoms with Crippen LogP contribution < -0.4 is 5.56 Å². The van der Waals surface area contributed by atoms with Crippen molar-refractivity contribution in [3.05, 3.63) is 99.6 Å². The van der Waals surface area contributed by atoms with Gasteiger partial charge >= 0.3 is 0 Å². The second-order valence-electron chi connectivity index (χ2n) is 6.82. The summed E-state index contributed by atoms with van der Waals surface area (Å²) in [7, 11) is 0. The first-order chi connectivity index (χ1) is 13.5. The van der Waals surface area contributed by atoms with Crippen LogP contribution in [0.3, 0.4) is 0 Å². The minimum atomic E-state index is -0.107. The molecule has 0 amide bonds. The van der Waals surface area contributed by atoms with Crippen molar-refractivity contribution in [2.75, 3.05) is 0 Å². The Bertz CT molecular complexity index is 1270. The van der Waals surface area contributed by atoms with Crippen LogP contribution in [-0.2, 0) is 0 Å². The van der Waals surface area contributed by atoms with E-state index in [0.29, 0.717) is 16.7 Å². The van der Waals surface area contributed by atoms with Crippen molar-refractivity contribution < 1.29 is 5.11 Å². The molecule has 0 atom stereocenters. The summed E-state index contributed by atoms with van der Waals surface area (Å²) in [6.07, 6.45) is 3.64. The number of phenolic OH excluding ortho intramolecular Hbond substituents is 1. The van der Waals surface area contributed by atoms with Crippen LogP contribution in [0.15, 0.2) is 71.5 Å². The second-order valence-corrected chi connectivity index (χ2v) is 6.82. The highest BCUT2D eigenvalue weighted by Crippen LogP contribution is 2.19. The highest BCUT2D eigenvalue weighted by Gasteiger charge is 2.11. The third kappa shape index (κ3) is 3.32. The minimum absolute atomic E-state index is 0.107. The molecular formula is C24H20N2O2. The summed E-state index contributed by atoms with van der Waals surface area (Å²) in [6, 6.07) is 20.2. The van der Waals surface area contributed by atoms with Crippen LogP contribution in [0, 0.1) is 13.8 Å². The Labute approximate surface area is 163 Å². The van der Waals surface area contributed by atoms with Gasteiger partial charge in [0.15, 0.2) is 0 Å². The van der Waals surface area contributed by atoms with Crippen LogP contribution in [0.5, 0.6) is 5.75 Å². The topological polar surface area (TPSA) is 55.1 Å². The van der Waals surface area contributed by atoms with Crippen molar-refractivity contribution >= 4 is 23.1 Å². The maximum absolute atomic E-state index is 13.3. The zero-order valence-electron chi connectivity index (χ0n) is 15.8. The predicted octanol–water partition coefficient (Wildman–Crippen LogP) is 4.88. The van der Waals surface area contributed by atoms with Gasteiger partial charge in [0.1, 0.15) is 11.6 Å². The number of fused-ring (bicyclic) bond motifs is 1. The molecule has 0 unspecified atom stereocenters. The third-order valence-corrected chi connectivity index (χ3v) is 4.85. The van der Waals surface area contributed by atoms with Crippen molar-refractivity contribution in [2.45, 2.75) is 13.8 Å². The van der Waals surface area contributed by atoms with E-state index in [9.17, 15) is 9.90 Å². The predicted molar refractivity (Wildman–Crippen MR) is 114 cm³/mol. The number of phenols is 1. The molecule has 0 spiro atoms. The monoisotopic (exact) mass is 368 g/mol. The lowest BCUT2D eigenvalue weighted by Gasteiger charge is -2.13. The van der Waals surface area contributed by atoms with Gasteiger partial charge in [-0.1, -0.05) is 36.4 Å². The number of benzene rings is 3. The summed E-state index contributed by atoms with van der Waals surface area (Å²) < 4.78 is 1.63. The smallest absolute Gasteiger partial charge is 0.266 e. The van der Waals surface area contributed by atoms with E-state index in [1.807, 2.05) is 62.4 Å². The maximum atomic E-state index is 13.3. The lowest BCUT2D eigenvalue weighted by atomic mass is 10.1. The summed E-state index contributed by atoms with van der Waals surface area (Å²) in [5, 5.41) is 10.3. The number of aryl methyl sites for hydroxylation is 2. The Balaban J connectivity index is 1.95. The quantitative estimate of drug-likeness (QED) is 0.561. The molecule has 0 aliphatic carbocycles. The van der Waals surface area contributed by atoms with Gasteiger partial charge in [-0.05, 0) is 73.0 Å². The van der Waals surface area contributed by atoms with E-state index in [-0.39, 0.29) is 11.3 Å². The molecule has 0 aliphatic rings. The Morgan fingerprint density at radius 1 is 0.893 bits per heavy atom. The van der Waals surface area contributed by atoms with Crippen LogP contribution >= 0.6 is 0 Å². The second kappa shape index (κ2) is 7.16. The van der Waals surface area contributed by atoms with E-state index in [1.54, 1.807) is 34.9 Å². The van der Waals surface area contributed by atoms with Crippen molar-refractivity contribution in [1.29, 1.82) is 0 Å². The molecule has 0 radical (unpaired) electrons. The van der Waals surface area contributed by atoms with Crippen molar-refractivity contribution in [3.63, 3.8) is 0 Å². The van der Waals surface area contributed by atoms with Gasteiger partial charge in [-0.3, -0.25) is 9.36 Å². The summed E-state index contributed by atoms with van der Waals surface area (Å²) in [4.78, 5) is 18.0. The normalized spacial score (nSPS) is 11.4. The molecule has 138 valence electrons. The van der Waals surface area contributed by atoms with Gasteiger partial charge < -0.3 is 5.11 Å². The third-order valence-electron chi connectivity index (χ3n) is 4.85. The van der Waals surface area contributed by atoms with Gasteiger partial charge in [-0.2, -0.15) is 0 Å². The molecule has 28 heavy (non-hydrogen) atoms. The standard InChI is InChI=1S/C24H20N2O2/c1-16-10-12-19(14-17(16)2)26-23(13-11-18-6-5-7-20(27)15-18)25-22-9-4-3-8-21(22)24(26)28/h3-15,27H,1-2H3. The van der Waals surface area contributed by atoms with E-state index < -0.39 is 0 Å². The fourth-order valence-electron chi connectivity index (χ4n) is 3.18. The SMILES string of the molecule is Cc1ccc(-n2c(C=Cc3cccc(O)c3)nc3ccccc3c2=O)cc1C. The number of hydrogen-bond donors (Lipinski definition) is 1. The molecule has 4 rings (SSSR count). The average Bonchev–Trinajstić information content (AvgIpc) is 2.69. The average molecular weight is 368 g/mol. The Hall–Kier alpha value is -3.66. The number of para-hydroxylation sites is 1. The first kappa shape index (κ1) is 17.7. The van der Waals surface area contributed by atoms with Crippen LogP contribution in [0.25, 0.3) is 28.7 Å². The van der Waals surface area contributed by atoms with Crippen molar-refractivity contribution in [3.8, 4) is 11.4 Å². The van der Waals surface area contributed by atoms with Gasteiger partial charge in [-0.25, -0.2) is 4.98 Å². The summed E-state index contributed by atoms with van der Waals surface area (Å²) in [5.74, 6) is 0.732. The molecule has 0 bridgehead atoms. The Morgan fingerprint density at radius 2 is 1.71 bits per heavy atom. The molecule has 0 aliphatic heterocycles. The molecule has 4 heteroatoms. The number of rotatable bonds is 3. The molecule has 1 aromatic heterocycles. The number of aromatic nitrogens is 2. The number of hydrogen-bond acceptors (Lipinski definition) is 3. The largest absolute Gasteiger partial charge is 0.508 e. The zero-order chi connectivity index (χ0) is 19.7. The number of nitrogens with zero attached hydrogens (tertiary/aromatic N) is 2. The lowest BCUT2D eigenvalue weighted by Crippen LogP contribution is -2.22. The molecule has 1 N–H and O–H groups in total. The summed E-state index contributed by atoms with van der Waals surface area (Å²) in [5.41, 5.74) is 4.44. The molecule has 4 aromatic rings.